The summed E-state index contributed by atoms with van der Waals surface area (Å²) in [7, 11) is 0. The molecule has 4 nitrogen and oxygen atoms in total. The highest BCUT2D eigenvalue weighted by Crippen LogP contribution is 2.29. The zero-order valence-corrected chi connectivity index (χ0v) is 12.1. The molecule has 1 N–H and O–H groups in total. The van der Waals surface area contributed by atoms with Gasteiger partial charge in [0.05, 0.1) is 11.4 Å². The van der Waals surface area contributed by atoms with Gasteiger partial charge in [0.25, 0.3) is 5.91 Å². The Balaban J connectivity index is 2.22. The van der Waals surface area contributed by atoms with Gasteiger partial charge in [0.1, 0.15) is 11.2 Å². The summed E-state index contributed by atoms with van der Waals surface area (Å²) < 4.78 is 14.1. The largest absolute Gasteiger partial charge is 0.320 e. The number of aliphatic imine (C=N–C) groups is 1. The highest BCUT2D eigenvalue weighted by Gasteiger charge is 2.27. The monoisotopic (exact) mass is 311 g/mol. The van der Waals surface area contributed by atoms with Crippen molar-refractivity contribution in [3.63, 3.8) is 0 Å². The van der Waals surface area contributed by atoms with Crippen LogP contribution in [-0.4, -0.2) is 17.0 Å². The number of halogens is 1. The normalized spacial score (nSPS) is 16.8. The molecule has 1 amide bonds. The van der Waals surface area contributed by atoms with Gasteiger partial charge in [-0.25, -0.2) is 4.39 Å². The van der Waals surface area contributed by atoms with Crippen LogP contribution < -0.4 is 5.32 Å². The minimum atomic E-state index is -0.938. The van der Waals surface area contributed by atoms with Crippen LogP contribution in [0.5, 0.6) is 0 Å². The second kappa shape index (κ2) is 6.00. The van der Waals surface area contributed by atoms with E-state index in [1.54, 1.807) is 12.1 Å². The Morgan fingerprint density at radius 2 is 1.95 bits per heavy atom. The number of rotatable bonds is 2. The zero-order valence-electron chi connectivity index (χ0n) is 11.3. The molecule has 0 radical (unpaired) electrons. The number of carbonyl (C=O) groups excluding carboxylic acids is 1. The van der Waals surface area contributed by atoms with E-state index in [0.717, 1.165) is 17.3 Å². The molecular weight excluding hydrogens is 301 g/mol. The molecule has 0 saturated heterocycles. The second-order valence-electron chi connectivity index (χ2n) is 4.56. The first-order valence-electron chi connectivity index (χ1n) is 6.48. The van der Waals surface area contributed by atoms with Crippen LogP contribution in [0.2, 0.25) is 0 Å². The van der Waals surface area contributed by atoms with Gasteiger partial charge < -0.3 is 5.32 Å². The van der Waals surface area contributed by atoms with E-state index in [-0.39, 0.29) is 5.69 Å². The van der Waals surface area contributed by atoms with Gasteiger partial charge in [-0.1, -0.05) is 42.5 Å². The van der Waals surface area contributed by atoms with E-state index in [4.69, 9.17) is 5.26 Å². The maximum atomic E-state index is 14.1. The van der Waals surface area contributed by atoms with Gasteiger partial charge >= 0.3 is 0 Å². The fraction of sp³-hybridized carbons (Fsp3) is 0.0625. The van der Waals surface area contributed by atoms with Gasteiger partial charge in [-0.05, 0) is 17.8 Å². The van der Waals surface area contributed by atoms with Gasteiger partial charge in [0.15, 0.2) is 5.37 Å². The fourth-order valence-electron chi connectivity index (χ4n) is 2.23. The molecule has 0 aromatic heterocycles. The highest BCUT2D eigenvalue weighted by atomic mass is 32.2. The number of nitrogens with zero attached hydrogens (tertiary/aromatic N) is 2. The van der Waals surface area contributed by atoms with Crippen molar-refractivity contribution in [3.05, 3.63) is 65.5 Å². The molecule has 0 aliphatic carbocycles. The van der Waals surface area contributed by atoms with Crippen LogP contribution in [0, 0.1) is 16.5 Å². The lowest BCUT2D eigenvalue weighted by atomic mass is 10.0. The van der Waals surface area contributed by atoms with Crippen molar-refractivity contribution in [2.45, 2.75) is 5.37 Å². The molecule has 22 heavy (non-hydrogen) atoms. The number of benzodiazepines with no additional fused rings is 1. The van der Waals surface area contributed by atoms with Crippen LogP contribution in [0.1, 0.15) is 11.1 Å². The lowest BCUT2D eigenvalue weighted by Gasteiger charge is -2.10. The van der Waals surface area contributed by atoms with Crippen LogP contribution in [0.3, 0.4) is 0 Å². The first-order chi connectivity index (χ1) is 10.7. The molecule has 108 valence electrons. The van der Waals surface area contributed by atoms with Crippen LogP contribution in [0.25, 0.3) is 0 Å². The van der Waals surface area contributed by atoms with Crippen molar-refractivity contribution >= 4 is 29.1 Å². The summed E-state index contributed by atoms with van der Waals surface area (Å²) in [6.07, 6.45) is 0. The van der Waals surface area contributed by atoms with E-state index in [2.05, 4.69) is 10.3 Å². The van der Waals surface area contributed by atoms with Gasteiger partial charge in [-0.2, -0.15) is 5.26 Å². The average Bonchev–Trinajstić information content (AvgIpc) is 2.67. The molecule has 0 bridgehead atoms. The predicted octanol–water partition coefficient (Wildman–Crippen LogP) is 3.16. The smallest absolute Gasteiger partial charge is 0.260 e. The standard InChI is InChI=1S/C16H10FN3OS/c17-12-8-4-7-11-13(10-5-2-1-3-6-10)20-16(22-9-18)15(21)19-14(11)12/h1-8,16H,(H,19,21). The van der Waals surface area contributed by atoms with Gasteiger partial charge in [0.2, 0.25) is 0 Å². The minimum absolute atomic E-state index is 0.0937. The molecule has 3 rings (SSSR count). The fourth-order valence-corrected chi connectivity index (χ4v) is 2.66. The Morgan fingerprint density at radius 3 is 2.68 bits per heavy atom. The molecule has 1 atom stereocenters. The zero-order chi connectivity index (χ0) is 15.5. The summed E-state index contributed by atoms with van der Waals surface area (Å²) in [6.45, 7) is 0. The van der Waals surface area contributed by atoms with Crippen molar-refractivity contribution in [1.82, 2.24) is 0 Å². The average molecular weight is 311 g/mol. The van der Waals surface area contributed by atoms with Crippen LogP contribution in [-0.2, 0) is 4.79 Å². The number of hydrogen-bond acceptors (Lipinski definition) is 4. The number of anilines is 1. The number of para-hydroxylation sites is 1. The second-order valence-corrected chi connectivity index (χ2v) is 5.42. The molecule has 2 aromatic carbocycles. The molecule has 0 fully saturated rings. The lowest BCUT2D eigenvalue weighted by molar-refractivity contribution is -0.115. The summed E-state index contributed by atoms with van der Waals surface area (Å²) in [4.78, 5) is 16.5. The quantitative estimate of drug-likeness (QED) is 0.866. The van der Waals surface area contributed by atoms with Gasteiger partial charge in [-0.15, -0.1) is 0 Å². The Morgan fingerprint density at radius 1 is 1.18 bits per heavy atom. The molecule has 0 saturated carbocycles. The topological polar surface area (TPSA) is 65.2 Å². The van der Waals surface area contributed by atoms with E-state index < -0.39 is 17.1 Å². The van der Waals surface area contributed by atoms with Gasteiger partial charge in [-0.3, -0.25) is 9.79 Å². The maximum Gasteiger partial charge on any atom is 0.260 e. The maximum absolute atomic E-state index is 14.1. The van der Waals surface area contributed by atoms with E-state index >= 15 is 0 Å². The van der Waals surface area contributed by atoms with Gasteiger partial charge in [0, 0.05) is 11.1 Å². The Hall–Kier alpha value is -2.65. The molecular formula is C16H10FN3OS. The van der Waals surface area contributed by atoms with Crippen molar-refractivity contribution in [2.24, 2.45) is 4.99 Å². The SMILES string of the molecule is N#CSC1N=C(c2ccccc2)c2cccc(F)c2NC1=O. The summed E-state index contributed by atoms with van der Waals surface area (Å²) in [5.41, 5.74) is 1.84. The lowest BCUT2D eigenvalue weighted by Crippen LogP contribution is -2.22. The number of thioether (sulfide) groups is 1. The Labute approximate surface area is 130 Å². The number of fused-ring (bicyclic) bond motifs is 1. The first-order valence-corrected chi connectivity index (χ1v) is 7.36. The first kappa shape index (κ1) is 14.3. The highest BCUT2D eigenvalue weighted by molar-refractivity contribution is 8.05. The molecule has 1 heterocycles. The Bertz CT molecular complexity index is 799. The Kier molecular flexibility index (Phi) is 3.90. The number of amides is 1. The van der Waals surface area contributed by atoms with E-state index in [0.29, 0.717) is 11.3 Å². The third-order valence-electron chi connectivity index (χ3n) is 3.20. The number of hydrogen-bond donors (Lipinski definition) is 1. The van der Waals surface area contributed by atoms with Crippen LogP contribution in [0.15, 0.2) is 53.5 Å². The van der Waals surface area contributed by atoms with Crippen LogP contribution in [0.4, 0.5) is 10.1 Å². The molecule has 1 unspecified atom stereocenters. The third-order valence-corrected chi connectivity index (χ3v) is 3.85. The van der Waals surface area contributed by atoms with Crippen molar-refractivity contribution < 1.29 is 9.18 Å². The summed E-state index contributed by atoms with van der Waals surface area (Å²) >= 11 is 0.732. The molecule has 1 aliphatic heterocycles. The summed E-state index contributed by atoms with van der Waals surface area (Å²) in [5.74, 6) is -1.04. The van der Waals surface area contributed by atoms with Crippen molar-refractivity contribution in [2.75, 3.05) is 5.32 Å². The van der Waals surface area contributed by atoms with Crippen molar-refractivity contribution in [3.8, 4) is 5.40 Å². The predicted molar refractivity (Wildman–Crippen MR) is 84.1 cm³/mol. The molecule has 6 heteroatoms. The van der Waals surface area contributed by atoms with Crippen LogP contribution >= 0.6 is 11.8 Å². The third kappa shape index (κ3) is 2.59. The van der Waals surface area contributed by atoms with Crippen molar-refractivity contribution in [1.29, 1.82) is 5.26 Å². The molecule has 1 aliphatic rings. The van der Waals surface area contributed by atoms with E-state index in [9.17, 15) is 9.18 Å². The number of thiocyanates is 1. The summed E-state index contributed by atoms with van der Waals surface area (Å²) in [5, 5.41) is 12.3. The van der Waals surface area contributed by atoms with E-state index in [1.165, 1.54) is 6.07 Å². The van der Waals surface area contributed by atoms with E-state index in [1.807, 2.05) is 35.7 Å². The summed E-state index contributed by atoms with van der Waals surface area (Å²) in [6, 6.07) is 13.7. The number of carbonyl (C=O) groups is 1. The molecule has 2 aromatic rings. The number of nitriles is 1. The molecule has 0 spiro atoms. The number of nitrogens with one attached hydrogen (secondary N) is 1. The minimum Gasteiger partial charge on any atom is -0.320 e. The number of benzene rings is 2.